The molecule has 0 saturated heterocycles. The van der Waals surface area contributed by atoms with Gasteiger partial charge in [-0.3, -0.25) is 0 Å². The van der Waals surface area contributed by atoms with E-state index in [1.807, 2.05) is 0 Å². The standard InChI is InChI=1S/C11H8N2O4S/c1-16-10-3-2-8(4-9(6-12)7-13)5-11(10)17-18(14)15/h2-5H,1H3,(H,14,15)/p-1. The number of benzene rings is 1. The minimum absolute atomic E-state index is 0.0187. The van der Waals surface area contributed by atoms with Crippen molar-refractivity contribution in [1.82, 2.24) is 0 Å². The monoisotopic (exact) mass is 263 g/mol. The van der Waals surface area contributed by atoms with Crippen molar-refractivity contribution >= 4 is 17.4 Å². The third kappa shape index (κ3) is 3.59. The van der Waals surface area contributed by atoms with Crippen molar-refractivity contribution in [3.63, 3.8) is 0 Å². The lowest BCUT2D eigenvalue weighted by Crippen LogP contribution is -2.00. The number of hydrogen-bond donors (Lipinski definition) is 0. The van der Waals surface area contributed by atoms with Crippen LogP contribution in [0.1, 0.15) is 5.56 Å². The Hall–Kier alpha value is -2.35. The molecule has 0 aliphatic heterocycles. The van der Waals surface area contributed by atoms with Gasteiger partial charge in [-0.1, -0.05) is 6.07 Å². The molecule has 1 atom stereocenters. The summed E-state index contributed by atoms with van der Waals surface area (Å²) >= 11 is -2.73. The van der Waals surface area contributed by atoms with Crippen LogP contribution in [-0.4, -0.2) is 15.9 Å². The molecule has 1 rings (SSSR count). The summed E-state index contributed by atoms with van der Waals surface area (Å²) in [5.41, 5.74) is 0.351. The molecule has 0 aromatic heterocycles. The van der Waals surface area contributed by atoms with Crippen molar-refractivity contribution in [3.05, 3.63) is 29.3 Å². The zero-order valence-corrected chi connectivity index (χ0v) is 10.1. The summed E-state index contributed by atoms with van der Waals surface area (Å²) in [6.07, 6.45) is 1.31. The van der Waals surface area contributed by atoms with Crippen molar-refractivity contribution < 1.29 is 17.7 Å². The molecule has 18 heavy (non-hydrogen) atoms. The quantitative estimate of drug-likeness (QED) is 0.598. The predicted molar refractivity (Wildman–Crippen MR) is 61.7 cm³/mol. The maximum absolute atomic E-state index is 10.5. The molecule has 0 saturated carbocycles. The summed E-state index contributed by atoms with van der Waals surface area (Å²) in [5, 5.41) is 17.2. The first kappa shape index (κ1) is 13.7. The third-order valence-electron chi connectivity index (χ3n) is 1.90. The molecular weight excluding hydrogens is 256 g/mol. The molecule has 1 unspecified atom stereocenters. The smallest absolute Gasteiger partial charge is 0.181 e. The molecule has 92 valence electrons. The summed E-state index contributed by atoms with van der Waals surface area (Å²) in [6.45, 7) is 0. The molecule has 1 aromatic carbocycles. The van der Waals surface area contributed by atoms with Gasteiger partial charge in [-0.25, -0.2) is 4.21 Å². The first-order chi connectivity index (χ1) is 8.60. The molecule has 1 aromatic rings. The molecule has 0 radical (unpaired) electrons. The molecule has 0 bridgehead atoms. The van der Waals surface area contributed by atoms with Gasteiger partial charge in [0.25, 0.3) is 0 Å². The highest BCUT2D eigenvalue weighted by Crippen LogP contribution is 2.29. The van der Waals surface area contributed by atoms with Crippen molar-refractivity contribution in [1.29, 1.82) is 10.5 Å². The van der Waals surface area contributed by atoms with E-state index in [0.717, 1.165) is 0 Å². The van der Waals surface area contributed by atoms with Gasteiger partial charge in [0.15, 0.2) is 11.5 Å². The van der Waals surface area contributed by atoms with E-state index in [-0.39, 0.29) is 17.1 Å². The maximum atomic E-state index is 10.5. The van der Waals surface area contributed by atoms with Crippen LogP contribution in [-0.2, 0) is 11.4 Å². The van der Waals surface area contributed by atoms with E-state index in [0.29, 0.717) is 5.56 Å². The van der Waals surface area contributed by atoms with E-state index in [1.165, 1.54) is 25.3 Å². The highest BCUT2D eigenvalue weighted by molar-refractivity contribution is 7.74. The van der Waals surface area contributed by atoms with E-state index in [1.54, 1.807) is 18.2 Å². The molecule has 0 spiro atoms. The minimum Gasteiger partial charge on any atom is -0.740 e. The van der Waals surface area contributed by atoms with Crippen LogP contribution in [0.5, 0.6) is 11.5 Å². The summed E-state index contributed by atoms with van der Waals surface area (Å²) in [5.74, 6) is 0.210. The van der Waals surface area contributed by atoms with Gasteiger partial charge in [0.2, 0.25) is 0 Å². The Balaban J connectivity index is 3.19. The average molecular weight is 263 g/mol. The van der Waals surface area contributed by atoms with Crippen LogP contribution in [0.25, 0.3) is 6.08 Å². The fourth-order valence-corrected chi connectivity index (χ4v) is 1.45. The lowest BCUT2D eigenvalue weighted by molar-refractivity contribution is 0.383. The summed E-state index contributed by atoms with van der Waals surface area (Å²) in [7, 11) is 1.36. The number of ether oxygens (including phenoxy) is 1. The fourth-order valence-electron chi connectivity index (χ4n) is 1.18. The third-order valence-corrected chi connectivity index (χ3v) is 2.21. The Morgan fingerprint density at radius 1 is 1.39 bits per heavy atom. The Morgan fingerprint density at radius 3 is 2.56 bits per heavy atom. The van der Waals surface area contributed by atoms with Gasteiger partial charge in [-0.05, 0) is 23.8 Å². The summed E-state index contributed by atoms with van der Waals surface area (Å²) in [6, 6.07) is 7.78. The average Bonchev–Trinajstić information content (AvgIpc) is 2.35. The van der Waals surface area contributed by atoms with E-state index >= 15 is 0 Å². The first-order valence-corrected chi connectivity index (χ1v) is 5.58. The van der Waals surface area contributed by atoms with E-state index in [2.05, 4.69) is 4.18 Å². The fraction of sp³-hybridized carbons (Fsp3) is 0.0909. The number of allylic oxidation sites excluding steroid dienone is 1. The zero-order chi connectivity index (χ0) is 13.5. The van der Waals surface area contributed by atoms with Gasteiger partial charge in [0.05, 0.1) is 7.11 Å². The second-order valence-electron chi connectivity index (χ2n) is 2.98. The highest BCUT2D eigenvalue weighted by atomic mass is 32.2. The molecule has 6 nitrogen and oxygen atoms in total. The van der Waals surface area contributed by atoms with Gasteiger partial charge in [0, 0.05) is 0 Å². The zero-order valence-electron chi connectivity index (χ0n) is 9.25. The molecule has 0 heterocycles. The van der Waals surface area contributed by atoms with Gasteiger partial charge in [-0.15, -0.1) is 0 Å². The van der Waals surface area contributed by atoms with Gasteiger partial charge in [-0.2, -0.15) is 10.5 Å². The molecule has 7 heteroatoms. The van der Waals surface area contributed by atoms with E-state index in [9.17, 15) is 8.76 Å². The van der Waals surface area contributed by atoms with Crippen LogP contribution in [0, 0.1) is 22.7 Å². The Morgan fingerprint density at radius 2 is 2.06 bits per heavy atom. The Labute approximate surface area is 106 Å². The topological polar surface area (TPSA) is 106 Å². The predicted octanol–water partition coefficient (Wildman–Crippen LogP) is 1.30. The minimum atomic E-state index is -2.73. The van der Waals surface area contributed by atoms with Gasteiger partial charge >= 0.3 is 0 Å². The van der Waals surface area contributed by atoms with Crippen LogP contribution in [0.2, 0.25) is 0 Å². The Kier molecular flexibility index (Phi) is 4.88. The molecule has 0 N–H and O–H groups in total. The summed E-state index contributed by atoms with van der Waals surface area (Å²) in [4.78, 5) is 0. The molecule has 0 amide bonds. The normalized spacial score (nSPS) is 10.7. The number of nitriles is 2. The van der Waals surface area contributed by atoms with Crippen molar-refractivity contribution in [3.8, 4) is 23.6 Å². The molecule has 0 aliphatic carbocycles. The SMILES string of the molecule is COc1ccc(C=C(C#N)C#N)cc1OS(=O)[O-]. The molecule has 0 fully saturated rings. The summed E-state index contributed by atoms with van der Waals surface area (Å²) < 4.78 is 30.4. The van der Waals surface area contributed by atoms with Gasteiger partial charge < -0.3 is 13.5 Å². The first-order valence-electron chi connectivity index (χ1n) is 4.58. The van der Waals surface area contributed by atoms with Crippen LogP contribution in [0.15, 0.2) is 23.8 Å². The van der Waals surface area contributed by atoms with Gasteiger partial charge in [0.1, 0.15) is 29.1 Å². The van der Waals surface area contributed by atoms with Crippen molar-refractivity contribution in [2.24, 2.45) is 0 Å². The highest BCUT2D eigenvalue weighted by Gasteiger charge is 2.06. The van der Waals surface area contributed by atoms with Crippen LogP contribution in [0.3, 0.4) is 0 Å². The lowest BCUT2D eigenvalue weighted by Gasteiger charge is -2.11. The Bertz CT molecular complexity index is 568. The number of rotatable bonds is 4. The van der Waals surface area contributed by atoms with Crippen LogP contribution < -0.4 is 8.92 Å². The number of methoxy groups -OCH3 is 1. The molecular formula is C11H7N2O4S-. The van der Waals surface area contributed by atoms with Crippen LogP contribution >= 0.6 is 0 Å². The largest absolute Gasteiger partial charge is 0.740 e. The van der Waals surface area contributed by atoms with E-state index in [4.69, 9.17) is 15.3 Å². The molecule has 0 aliphatic rings. The second kappa shape index (κ2) is 6.40. The van der Waals surface area contributed by atoms with Crippen LogP contribution in [0.4, 0.5) is 0 Å². The van der Waals surface area contributed by atoms with Crippen molar-refractivity contribution in [2.75, 3.05) is 7.11 Å². The van der Waals surface area contributed by atoms with E-state index < -0.39 is 11.4 Å². The lowest BCUT2D eigenvalue weighted by atomic mass is 10.1. The second-order valence-corrected chi connectivity index (χ2v) is 3.55. The number of hydrogen-bond acceptors (Lipinski definition) is 6. The van der Waals surface area contributed by atoms with Crippen molar-refractivity contribution in [2.45, 2.75) is 0 Å². The maximum Gasteiger partial charge on any atom is 0.181 e. The number of nitrogens with zero attached hydrogens (tertiary/aromatic N) is 2.